The van der Waals surface area contributed by atoms with Crippen LogP contribution in [0.3, 0.4) is 0 Å². The van der Waals surface area contributed by atoms with Gasteiger partial charge in [-0.05, 0) is 31.2 Å². The highest BCUT2D eigenvalue weighted by molar-refractivity contribution is 5.70. The summed E-state index contributed by atoms with van der Waals surface area (Å²) in [5, 5.41) is 2.92. The number of ether oxygens (including phenoxy) is 1. The zero-order chi connectivity index (χ0) is 13.8. The Morgan fingerprint density at radius 2 is 1.89 bits per heavy atom. The van der Waals surface area contributed by atoms with Gasteiger partial charge in [-0.1, -0.05) is 0 Å². The summed E-state index contributed by atoms with van der Waals surface area (Å²) < 4.78 is 41.4. The predicted molar refractivity (Wildman–Crippen MR) is 61.2 cm³/mol. The van der Waals surface area contributed by atoms with Crippen molar-refractivity contribution in [1.29, 1.82) is 0 Å². The van der Waals surface area contributed by atoms with Gasteiger partial charge in [0.1, 0.15) is 0 Å². The number of benzene rings is 1. The second-order valence-electron chi connectivity index (χ2n) is 3.90. The van der Waals surface area contributed by atoms with Crippen LogP contribution in [0.15, 0.2) is 24.3 Å². The number of anilines is 1. The molecular formula is C12H14F3NO2. The fourth-order valence-electron chi connectivity index (χ4n) is 1.42. The van der Waals surface area contributed by atoms with E-state index in [0.717, 1.165) is 12.1 Å². The number of hydrogen-bond acceptors (Lipinski definition) is 3. The van der Waals surface area contributed by atoms with Gasteiger partial charge in [0.2, 0.25) is 0 Å². The first-order chi connectivity index (χ1) is 8.32. The molecule has 1 aromatic carbocycles. The average Bonchev–Trinajstić information content (AvgIpc) is 2.28. The maximum Gasteiger partial charge on any atom is 0.416 e. The van der Waals surface area contributed by atoms with E-state index in [4.69, 9.17) is 0 Å². The minimum Gasteiger partial charge on any atom is -0.469 e. The van der Waals surface area contributed by atoms with Crippen LogP contribution in [-0.4, -0.2) is 19.1 Å². The van der Waals surface area contributed by atoms with E-state index in [9.17, 15) is 18.0 Å². The third-order valence-electron chi connectivity index (χ3n) is 2.33. The molecule has 0 saturated carbocycles. The Kier molecular flexibility index (Phi) is 4.58. The van der Waals surface area contributed by atoms with Gasteiger partial charge in [0.15, 0.2) is 0 Å². The predicted octanol–water partition coefficient (Wildman–Crippen LogP) is 3.07. The monoisotopic (exact) mass is 261 g/mol. The van der Waals surface area contributed by atoms with Crippen molar-refractivity contribution in [2.75, 3.05) is 12.4 Å². The largest absolute Gasteiger partial charge is 0.469 e. The molecule has 1 aromatic rings. The molecule has 0 saturated heterocycles. The van der Waals surface area contributed by atoms with Crippen molar-refractivity contribution in [3.63, 3.8) is 0 Å². The van der Waals surface area contributed by atoms with Crippen LogP contribution in [0.2, 0.25) is 0 Å². The molecular weight excluding hydrogens is 247 g/mol. The molecule has 0 amide bonds. The maximum absolute atomic E-state index is 12.3. The van der Waals surface area contributed by atoms with Gasteiger partial charge in [0.25, 0.3) is 0 Å². The SMILES string of the molecule is COC(=O)CC(C)Nc1ccc(C(F)(F)F)cc1. The fourth-order valence-corrected chi connectivity index (χ4v) is 1.42. The molecule has 1 unspecified atom stereocenters. The van der Waals surface area contributed by atoms with E-state index >= 15 is 0 Å². The summed E-state index contributed by atoms with van der Waals surface area (Å²) in [7, 11) is 1.28. The van der Waals surface area contributed by atoms with E-state index in [-0.39, 0.29) is 18.4 Å². The van der Waals surface area contributed by atoms with Crippen molar-refractivity contribution in [3.8, 4) is 0 Å². The quantitative estimate of drug-likeness (QED) is 0.846. The van der Waals surface area contributed by atoms with Crippen LogP contribution in [0, 0.1) is 0 Å². The summed E-state index contributed by atoms with van der Waals surface area (Å²) in [4.78, 5) is 11.0. The van der Waals surface area contributed by atoms with Gasteiger partial charge in [-0.2, -0.15) is 13.2 Å². The number of methoxy groups -OCH3 is 1. The molecule has 0 spiro atoms. The van der Waals surface area contributed by atoms with Crippen LogP contribution in [-0.2, 0) is 15.7 Å². The van der Waals surface area contributed by atoms with E-state index in [1.165, 1.54) is 19.2 Å². The molecule has 1 N–H and O–H groups in total. The molecule has 0 bridgehead atoms. The van der Waals surface area contributed by atoms with E-state index in [1.54, 1.807) is 6.92 Å². The number of nitrogens with one attached hydrogen (secondary N) is 1. The average molecular weight is 261 g/mol. The van der Waals surface area contributed by atoms with Crippen LogP contribution < -0.4 is 5.32 Å². The van der Waals surface area contributed by atoms with Gasteiger partial charge in [-0.3, -0.25) is 4.79 Å². The van der Waals surface area contributed by atoms with Crippen LogP contribution in [0.4, 0.5) is 18.9 Å². The topological polar surface area (TPSA) is 38.3 Å². The number of halogens is 3. The highest BCUT2D eigenvalue weighted by Gasteiger charge is 2.29. The molecule has 1 atom stereocenters. The van der Waals surface area contributed by atoms with Gasteiger partial charge < -0.3 is 10.1 Å². The van der Waals surface area contributed by atoms with Crippen LogP contribution in [0.1, 0.15) is 18.9 Å². The van der Waals surface area contributed by atoms with Crippen molar-refractivity contribution in [2.45, 2.75) is 25.6 Å². The molecule has 0 aliphatic heterocycles. The first kappa shape index (κ1) is 14.3. The van der Waals surface area contributed by atoms with E-state index < -0.39 is 11.7 Å². The standard InChI is InChI=1S/C12H14F3NO2/c1-8(7-11(17)18-2)16-10-5-3-9(4-6-10)12(13,14)15/h3-6,8,16H,7H2,1-2H3. The Morgan fingerprint density at radius 1 is 1.33 bits per heavy atom. The van der Waals surface area contributed by atoms with Crippen molar-refractivity contribution < 1.29 is 22.7 Å². The van der Waals surface area contributed by atoms with Gasteiger partial charge in [-0.25, -0.2) is 0 Å². The maximum atomic E-state index is 12.3. The lowest BCUT2D eigenvalue weighted by atomic mass is 10.1. The third kappa shape index (κ3) is 4.27. The molecule has 0 heterocycles. The molecule has 1 rings (SSSR count). The summed E-state index contributed by atoms with van der Waals surface area (Å²) in [5.74, 6) is -0.373. The van der Waals surface area contributed by atoms with Crippen LogP contribution in [0.5, 0.6) is 0 Å². The van der Waals surface area contributed by atoms with Gasteiger partial charge in [0.05, 0.1) is 19.1 Å². The van der Waals surface area contributed by atoms with Gasteiger partial charge in [-0.15, -0.1) is 0 Å². The molecule has 100 valence electrons. The summed E-state index contributed by atoms with van der Waals surface area (Å²) in [6.07, 6.45) is -4.19. The Labute approximate surface area is 103 Å². The zero-order valence-corrected chi connectivity index (χ0v) is 10.0. The second-order valence-corrected chi connectivity index (χ2v) is 3.90. The van der Waals surface area contributed by atoms with Gasteiger partial charge in [0, 0.05) is 11.7 Å². The van der Waals surface area contributed by atoms with E-state index in [1.807, 2.05) is 0 Å². The number of carbonyl (C=O) groups excluding carboxylic acids is 1. The third-order valence-corrected chi connectivity index (χ3v) is 2.33. The van der Waals surface area contributed by atoms with Crippen molar-refractivity contribution in [2.24, 2.45) is 0 Å². The van der Waals surface area contributed by atoms with Gasteiger partial charge >= 0.3 is 12.1 Å². The van der Waals surface area contributed by atoms with Crippen LogP contribution >= 0.6 is 0 Å². The first-order valence-electron chi connectivity index (χ1n) is 5.33. The number of carbonyl (C=O) groups is 1. The summed E-state index contributed by atoms with van der Waals surface area (Å²) in [6.45, 7) is 1.74. The van der Waals surface area contributed by atoms with E-state index in [2.05, 4.69) is 10.1 Å². The highest BCUT2D eigenvalue weighted by Crippen LogP contribution is 2.29. The lowest BCUT2D eigenvalue weighted by molar-refractivity contribution is -0.140. The smallest absolute Gasteiger partial charge is 0.416 e. The number of hydrogen-bond donors (Lipinski definition) is 1. The Balaban J connectivity index is 2.61. The molecule has 0 aliphatic rings. The minimum absolute atomic E-state index is 0.150. The lowest BCUT2D eigenvalue weighted by Crippen LogP contribution is -2.20. The zero-order valence-electron chi connectivity index (χ0n) is 10.0. The molecule has 0 fully saturated rings. The Hall–Kier alpha value is -1.72. The Bertz CT molecular complexity index is 401. The molecule has 0 aromatic heterocycles. The molecule has 18 heavy (non-hydrogen) atoms. The number of alkyl halides is 3. The molecule has 6 heteroatoms. The Morgan fingerprint density at radius 3 is 2.33 bits per heavy atom. The second kappa shape index (κ2) is 5.75. The fraction of sp³-hybridized carbons (Fsp3) is 0.417. The first-order valence-corrected chi connectivity index (χ1v) is 5.33. The summed E-state index contributed by atoms with van der Waals surface area (Å²) in [6, 6.07) is 4.43. The number of esters is 1. The summed E-state index contributed by atoms with van der Waals surface area (Å²) >= 11 is 0. The molecule has 0 aliphatic carbocycles. The van der Waals surface area contributed by atoms with Crippen LogP contribution in [0.25, 0.3) is 0 Å². The number of rotatable bonds is 4. The van der Waals surface area contributed by atoms with Crippen molar-refractivity contribution >= 4 is 11.7 Å². The summed E-state index contributed by atoms with van der Waals surface area (Å²) in [5.41, 5.74) is -0.173. The lowest BCUT2D eigenvalue weighted by Gasteiger charge is -2.14. The normalized spacial score (nSPS) is 12.9. The van der Waals surface area contributed by atoms with Crippen molar-refractivity contribution in [1.82, 2.24) is 0 Å². The highest BCUT2D eigenvalue weighted by atomic mass is 19.4. The van der Waals surface area contributed by atoms with Crippen molar-refractivity contribution in [3.05, 3.63) is 29.8 Å². The van der Waals surface area contributed by atoms with E-state index in [0.29, 0.717) is 5.69 Å². The molecule has 0 radical (unpaired) electrons. The minimum atomic E-state index is -4.34. The molecule has 3 nitrogen and oxygen atoms in total.